The van der Waals surface area contributed by atoms with Gasteiger partial charge in [0, 0.05) is 30.1 Å². The Bertz CT molecular complexity index is 282. The Morgan fingerprint density at radius 1 is 1.41 bits per heavy atom. The first kappa shape index (κ1) is 16.1. The van der Waals surface area contributed by atoms with E-state index in [1.165, 1.54) is 6.92 Å². The van der Waals surface area contributed by atoms with E-state index in [9.17, 15) is 13.8 Å². The number of carboxylic acids is 1. The van der Waals surface area contributed by atoms with Crippen LogP contribution in [0.3, 0.4) is 0 Å². The number of rotatable bonds is 9. The van der Waals surface area contributed by atoms with Gasteiger partial charge in [-0.05, 0) is 6.42 Å². The molecule has 100 valence electrons. The summed E-state index contributed by atoms with van der Waals surface area (Å²) in [6.07, 6.45) is 0.885. The average Bonchev–Trinajstić information content (AvgIpc) is 2.22. The van der Waals surface area contributed by atoms with Crippen molar-refractivity contribution in [1.29, 1.82) is 0 Å². The number of aliphatic carboxylic acids is 1. The molecule has 0 aromatic heterocycles. The van der Waals surface area contributed by atoms with Crippen molar-refractivity contribution < 1.29 is 23.6 Å². The molecule has 0 aliphatic carbocycles. The molecule has 0 rings (SSSR count). The lowest BCUT2D eigenvalue weighted by atomic mass is 10.3. The van der Waals surface area contributed by atoms with Crippen LogP contribution in [0.2, 0.25) is 0 Å². The third-order valence-corrected chi connectivity index (χ3v) is 3.16. The van der Waals surface area contributed by atoms with Crippen molar-refractivity contribution in [2.75, 3.05) is 24.7 Å². The minimum atomic E-state index is -1.31. The maximum atomic E-state index is 11.5. The highest BCUT2D eigenvalue weighted by Gasteiger charge is 2.20. The molecule has 1 amide bonds. The molecule has 0 aromatic rings. The summed E-state index contributed by atoms with van der Waals surface area (Å²) in [5.74, 6) is -1.44. The Morgan fingerprint density at radius 3 is 2.53 bits per heavy atom. The summed E-state index contributed by atoms with van der Waals surface area (Å²) in [6, 6.07) is -1.10. The standard InChI is InChI=1S/C10H19NO5S/c1-3-4-16-5-6-17(15)7-9(10(13)14)11-8(2)12/h9H,3-7H2,1-2H3,(H,11,12)(H,13,14). The van der Waals surface area contributed by atoms with E-state index in [2.05, 4.69) is 5.32 Å². The fourth-order valence-electron chi connectivity index (χ4n) is 1.09. The average molecular weight is 265 g/mol. The number of hydrogen-bond acceptors (Lipinski definition) is 4. The van der Waals surface area contributed by atoms with Crippen LogP contribution >= 0.6 is 0 Å². The molecule has 0 saturated carbocycles. The fraction of sp³-hybridized carbons (Fsp3) is 0.800. The van der Waals surface area contributed by atoms with Crippen LogP contribution in [-0.2, 0) is 25.1 Å². The summed E-state index contributed by atoms with van der Waals surface area (Å²) < 4.78 is 16.7. The zero-order valence-corrected chi connectivity index (χ0v) is 10.9. The van der Waals surface area contributed by atoms with E-state index in [4.69, 9.17) is 9.84 Å². The zero-order chi connectivity index (χ0) is 13.3. The van der Waals surface area contributed by atoms with Gasteiger partial charge in [-0.1, -0.05) is 6.92 Å². The number of carboxylic acid groups (broad SMARTS) is 1. The lowest BCUT2D eigenvalue weighted by Crippen LogP contribution is -2.43. The van der Waals surface area contributed by atoms with Gasteiger partial charge in [0.2, 0.25) is 5.91 Å². The highest BCUT2D eigenvalue weighted by molar-refractivity contribution is 7.85. The molecule has 0 saturated heterocycles. The third kappa shape index (κ3) is 8.82. The van der Waals surface area contributed by atoms with Crippen LogP contribution < -0.4 is 5.32 Å². The van der Waals surface area contributed by atoms with Crippen molar-refractivity contribution in [3.05, 3.63) is 0 Å². The van der Waals surface area contributed by atoms with Gasteiger partial charge in [-0.15, -0.1) is 0 Å². The van der Waals surface area contributed by atoms with Gasteiger partial charge in [0.15, 0.2) is 0 Å². The molecule has 0 radical (unpaired) electrons. The van der Waals surface area contributed by atoms with E-state index >= 15 is 0 Å². The molecule has 0 spiro atoms. The molecule has 0 aromatic carbocycles. The smallest absolute Gasteiger partial charge is 0.327 e. The topological polar surface area (TPSA) is 92.7 Å². The number of hydrogen-bond donors (Lipinski definition) is 2. The van der Waals surface area contributed by atoms with E-state index in [1.54, 1.807) is 0 Å². The third-order valence-electron chi connectivity index (χ3n) is 1.83. The van der Waals surface area contributed by atoms with Crippen LogP contribution in [0.25, 0.3) is 0 Å². The molecule has 0 fully saturated rings. The predicted octanol–water partition coefficient (Wildman–Crippen LogP) is -0.249. The summed E-state index contributed by atoms with van der Waals surface area (Å²) >= 11 is 0. The van der Waals surface area contributed by atoms with Gasteiger partial charge in [-0.3, -0.25) is 9.00 Å². The van der Waals surface area contributed by atoms with Crippen molar-refractivity contribution in [2.24, 2.45) is 0 Å². The maximum absolute atomic E-state index is 11.5. The molecule has 17 heavy (non-hydrogen) atoms. The van der Waals surface area contributed by atoms with Gasteiger partial charge in [0.25, 0.3) is 0 Å². The van der Waals surface area contributed by atoms with Crippen LogP contribution in [0.1, 0.15) is 20.3 Å². The molecule has 6 nitrogen and oxygen atoms in total. The molecule has 0 aliphatic heterocycles. The SMILES string of the molecule is CCCOCCS(=O)CC(NC(C)=O)C(=O)O. The summed E-state index contributed by atoms with van der Waals surface area (Å²) in [6.45, 7) is 4.13. The molecule has 2 unspecified atom stereocenters. The van der Waals surface area contributed by atoms with Gasteiger partial charge in [0.05, 0.1) is 12.4 Å². The number of amides is 1. The van der Waals surface area contributed by atoms with E-state index in [0.29, 0.717) is 13.2 Å². The van der Waals surface area contributed by atoms with Crippen molar-refractivity contribution >= 4 is 22.7 Å². The van der Waals surface area contributed by atoms with Crippen LogP contribution in [0.15, 0.2) is 0 Å². The highest BCUT2D eigenvalue weighted by atomic mass is 32.2. The summed E-state index contributed by atoms with van der Waals surface area (Å²) in [4.78, 5) is 21.5. The van der Waals surface area contributed by atoms with Gasteiger partial charge in [-0.25, -0.2) is 4.79 Å². The van der Waals surface area contributed by atoms with E-state index in [0.717, 1.165) is 6.42 Å². The van der Waals surface area contributed by atoms with Crippen LogP contribution in [-0.4, -0.2) is 52.0 Å². The number of nitrogens with one attached hydrogen (secondary N) is 1. The van der Waals surface area contributed by atoms with Crippen molar-refractivity contribution in [1.82, 2.24) is 5.32 Å². The van der Waals surface area contributed by atoms with Gasteiger partial charge < -0.3 is 15.2 Å². The first-order chi connectivity index (χ1) is 7.97. The second-order valence-electron chi connectivity index (χ2n) is 3.51. The van der Waals surface area contributed by atoms with E-state index < -0.39 is 28.7 Å². The van der Waals surface area contributed by atoms with Crippen LogP contribution in [0.5, 0.6) is 0 Å². The lowest BCUT2D eigenvalue weighted by molar-refractivity contribution is -0.140. The molecule has 7 heteroatoms. The second-order valence-corrected chi connectivity index (χ2v) is 5.14. The molecular formula is C10H19NO5S. The number of ether oxygens (including phenoxy) is 1. The minimum Gasteiger partial charge on any atom is -0.480 e. The summed E-state index contributed by atoms with van der Waals surface area (Å²) in [7, 11) is -1.31. The largest absolute Gasteiger partial charge is 0.480 e. The number of carbonyl (C=O) groups is 2. The Hall–Kier alpha value is -0.950. The highest BCUT2D eigenvalue weighted by Crippen LogP contribution is 1.93. The zero-order valence-electron chi connectivity index (χ0n) is 10.1. The van der Waals surface area contributed by atoms with Gasteiger partial charge in [-0.2, -0.15) is 0 Å². The van der Waals surface area contributed by atoms with Gasteiger partial charge in [0.1, 0.15) is 6.04 Å². The normalized spacial score (nSPS) is 14.0. The first-order valence-electron chi connectivity index (χ1n) is 5.40. The minimum absolute atomic E-state index is 0.0929. The first-order valence-corrected chi connectivity index (χ1v) is 6.88. The van der Waals surface area contributed by atoms with Crippen LogP contribution in [0.4, 0.5) is 0 Å². The predicted molar refractivity (Wildman–Crippen MR) is 64.2 cm³/mol. The van der Waals surface area contributed by atoms with Gasteiger partial charge >= 0.3 is 5.97 Å². The maximum Gasteiger partial charge on any atom is 0.327 e. The Morgan fingerprint density at radius 2 is 2.06 bits per heavy atom. The second kappa shape index (κ2) is 9.12. The lowest BCUT2D eigenvalue weighted by Gasteiger charge is -2.12. The van der Waals surface area contributed by atoms with Crippen molar-refractivity contribution in [3.63, 3.8) is 0 Å². The molecule has 2 N–H and O–H groups in total. The van der Waals surface area contributed by atoms with Crippen molar-refractivity contribution in [2.45, 2.75) is 26.3 Å². The molecule has 0 aliphatic rings. The number of carbonyl (C=O) groups excluding carboxylic acids is 1. The molecular weight excluding hydrogens is 246 g/mol. The summed E-state index contributed by atoms with van der Waals surface area (Å²) in [5.41, 5.74) is 0. The van der Waals surface area contributed by atoms with E-state index in [1.807, 2.05) is 6.92 Å². The van der Waals surface area contributed by atoms with E-state index in [-0.39, 0.29) is 11.5 Å². The molecule has 2 atom stereocenters. The van der Waals surface area contributed by atoms with Crippen molar-refractivity contribution in [3.8, 4) is 0 Å². The molecule has 0 bridgehead atoms. The fourth-order valence-corrected chi connectivity index (χ4v) is 2.16. The monoisotopic (exact) mass is 265 g/mol. The summed E-state index contributed by atoms with van der Waals surface area (Å²) in [5, 5.41) is 11.0. The Labute approximate surface area is 103 Å². The quantitative estimate of drug-likeness (QED) is 0.561. The van der Waals surface area contributed by atoms with Crippen LogP contribution in [0, 0.1) is 0 Å². The Kier molecular flexibility index (Phi) is 8.61. The molecule has 0 heterocycles. The Balaban J connectivity index is 3.96.